The van der Waals surface area contributed by atoms with Crippen molar-refractivity contribution in [3.05, 3.63) is 29.8 Å². The Morgan fingerprint density at radius 1 is 1.53 bits per heavy atom. The van der Waals surface area contributed by atoms with E-state index in [4.69, 9.17) is 9.88 Å². The Hall–Kier alpha value is -0.910. The monoisotopic (exact) mass is 226 g/mol. The normalized spacial score (nSPS) is 21.5. The maximum Gasteiger partial charge on any atom is 0.164 e. The Morgan fingerprint density at radius 2 is 2.33 bits per heavy atom. The molecule has 2 rings (SSSR count). The van der Waals surface area contributed by atoms with Gasteiger partial charge in [-0.05, 0) is 24.5 Å². The summed E-state index contributed by atoms with van der Waals surface area (Å²) in [5, 5.41) is 5.11. The van der Waals surface area contributed by atoms with Gasteiger partial charge in [-0.15, -0.1) is 0 Å². The van der Waals surface area contributed by atoms with Crippen LogP contribution in [0.15, 0.2) is 24.3 Å². The smallest absolute Gasteiger partial charge is 0.164 e. The van der Waals surface area contributed by atoms with E-state index < -0.39 is 11.2 Å². The van der Waals surface area contributed by atoms with Gasteiger partial charge in [0.25, 0.3) is 0 Å². The summed E-state index contributed by atoms with van der Waals surface area (Å²) in [6, 6.07) is 7.99. The van der Waals surface area contributed by atoms with E-state index in [-0.39, 0.29) is 6.10 Å². The fourth-order valence-corrected chi connectivity index (χ4v) is 2.05. The molecule has 15 heavy (non-hydrogen) atoms. The predicted molar refractivity (Wildman–Crippen MR) is 59.5 cm³/mol. The zero-order chi connectivity index (χ0) is 10.7. The molecule has 0 amide bonds. The first-order valence-corrected chi connectivity index (χ1v) is 6.11. The third-order valence-corrected chi connectivity index (χ3v) is 2.91. The molecule has 0 spiro atoms. The molecule has 82 valence electrons. The van der Waals surface area contributed by atoms with Crippen LogP contribution in [0, 0.1) is 0 Å². The van der Waals surface area contributed by atoms with Crippen LogP contribution in [-0.4, -0.2) is 16.9 Å². The molecule has 0 saturated heterocycles. The topological polar surface area (TPSA) is 64.4 Å². The minimum atomic E-state index is -1.46. The summed E-state index contributed by atoms with van der Waals surface area (Å²) in [4.78, 5) is 0. The first-order valence-electron chi connectivity index (χ1n) is 4.90. The number of benzene rings is 1. The van der Waals surface area contributed by atoms with Gasteiger partial charge in [-0.25, -0.2) is 14.1 Å². The van der Waals surface area contributed by atoms with E-state index in [0.717, 1.165) is 18.6 Å². The van der Waals surface area contributed by atoms with Crippen LogP contribution < -0.4 is 14.6 Å². The van der Waals surface area contributed by atoms with E-state index in [1.54, 1.807) is 0 Å². The van der Waals surface area contributed by atoms with Gasteiger partial charge in [0.05, 0.1) is 0 Å². The van der Waals surface area contributed by atoms with Crippen LogP contribution in [0.3, 0.4) is 0 Å². The van der Waals surface area contributed by atoms with Gasteiger partial charge in [0.2, 0.25) is 0 Å². The molecule has 0 radical (unpaired) electrons. The number of nitrogens with two attached hydrogens (primary N) is 1. The largest absolute Gasteiger partial charge is 0.489 e. The minimum absolute atomic E-state index is 0.0624. The number of aryl methyl sites for hydroxylation is 1. The average Bonchev–Trinajstić information content (AvgIpc) is 2.26. The lowest BCUT2D eigenvalue weighted by molar-refractivity contribution is 0.177. The lowest BCUT2D eigenvalue weighted by Crippen LogP contribution is -2.37. The molecule has 0 saturated carbocycles. The molecule has 1 aliphatic heterocycles. The standard InChI is InChI=1S/C10H14N2O2S/c11-15(13)12-7-9-6-5-8-3-1-2-4-10(8)14-9/h1-4,9,12H,5-7,11H2. The van der Waals surface area contributed by atoms with Gasteiger partial charge >= 0.3 is 0 Å². The zero-order valence-electron chi connectivity index (χ0n) is 8.31. The van der Waals surface area contributed by atoms with Crippen molar-refractivity contribution >= 4 is 11.2 Å². The highest BCUT2D eigenvalue weighted by Gasteiger charge is 2.18. The van der Waals surface area contributed by atoms with Gasteiger partial charge in [0.15, 0.2) is 11.2 Å². The van der Waals surface area contributed by atoms with Crippen LogP contribution >= 0.6 is 0 Å². The number of rotatable bonds is 3. The molecule has 1 aromatic carbocycles. The van der Waals surface area contributed by atoms with Crippen molar-refractivity contribution in [1.82, 2.24) is 4.72 Å². The quantitative estimate of drug-likeness (QED) is 0.788. The number of ether oxygens (including phenoxy) is 1. The molecule has 1 heterocycles. The summed E-state index contributed by atoms with van der Waals surface area (Å²) >= 11 is -1.46. The Kier molecular flexibility index (Phi) is 3.35. The first kappa shape index (κ1) is 10.6. The fraction of sp³-hybridized carbons (Fsp3) is 0.400. The van der Waals surface area contributed by atoms with E-state index in [9.17, 15) is 4.21 Å². The highest BCUT2D eigenvalue weighted by Crippen LogP contribution is 2.26. The van der Waals surface area contributed by atoms with Crippen LogP contribution in [0.25, 0.3) is 0 Å². The van der Waals surface area contributed by atoms with E-state index in [2.05, 4.69) is 10.8 Å². The average molecular weight is 226 g/mol. The number of hydrogen-bond acceptors (Lipinski definition) is 2. The molecule has 4 nitrogen and oxygen atoms in total. The van der Waals surface area contributed by atoms with Crippen molar-refractivity contribution in [2.24, 2.45) is 5.14 Å². The molecule has 1 aliphatic rings. The van der Waals surface area contributed by atoms with E-state index in [1.165, 1.54) is 5.56 Å². The molecule has 3 N–H and O–H groups in total. The molecule has 2 unspecified atom stereocenters. The Balaban J connectivity index is 1.96. The summed E-state index contributed by atoms with van der Waals surface area (Å²) in [5.41, 5.74) is 1.24. The highest BCUT2D eigenvalue weighted by molar-refractivity contribution is 7.80. The second kappa shape index (κ2) is 4.74. The number of fused-ring (bicyclic) bond motifs is 1. The summed E-state index contributed by atoms with van der Waals surface area (Å²) in [6.07, 6.45) is 1.99. The predicted octanol–water partition coefficient (Wildman–Crippen LogP) is 0.507. The van der Waals surface area contributed by atoms with Gasteiger partial charge in [-0.3, -0.25) is 0 Å². The summed E-state index contributed by atoms with van der Waals surface area (Å²) in [6.45, 7) is 0.525. The van der Waals surface area contributed by atoms with Crippen LogP contribution in [0.4, 0.5) is 0 Å². The lowest BCUT2D eigenvalue weighted by atomic mass is 10.0. The van der Waals surface area contributed by atoms with E-state index in [0.29, 0.717) is 6.54 Å². The fourth-order valence-electron chi connectivity index (χ4n) is 1.70. The van der Waals surface area contributed by atoms with Gasteiger partial charge in [-0.2, -0.15) is 0 Å². The molecular weight excluding hydrogens is 212 g/mol. The van der Waals surface area contributed by atoms with Gasteiger partial charge in [0, 0.05) is 6.54 Å². The summed E-state index contributed by atoms with van der Waals surface area (Å²) < 4.78 is 19.1. The van der Waals surface area contributed by atoms with Crippen molar-refractivity contribution in [3.63, 3.8) is 0 Å². The van der Waals surface area contributed by atoms with Crippen molar-refractivity contribution in [2.75, 3.05) is 6.54 Å². The second-order valence-electron chi connectivity index (χ2n) is 3.53. The SMILES string of the molecule is NS(=O)NCC1CCc2ccccc2O1. The Bertz CT molecular complexity index is 370. The molecule has 0 aliphatic carbocycles. The third kappa shape index (κ3) is 2.77. The molecule has 0 bridgehead atoms. The van der Waals surface area contributed by atoms with Crippen molar-refractivity contribution in [1.29, 1.82) is 0 Å². The summed E-state index contributed by atoms with van der Waals surface area (Å²) in [7, 11) is 0. The molecular formula is C10H14N2O2S. The van der Waals surface area contributed by atoms with Crippen LogP contribution in [-0.2, 0) is 17.6 Å². The first-order chi connectivity index (χ1) is 7.25. The van der Waals surface area contributed by atoms with E-state index in [1.807, 2.05) is 18.2 Å². The third-order valence-electron chi connectivity index (χ3n) is 2.46. The van der Waals surface area contributed by atoms with Crippen molar-refractivity contribution < 1.29 is 8.95 Å². The summed E-state index contributed by atoms with van der Waals surface area (Å²) in [5.74, 6) is 0.929. The maximum atomic E-state index is 10.7. The maximum absolute atomic E-state index is 10.7. The molecule has 1 aromatic rings. The van der Waals surface area contributed by atoms with Crippen molar-refractivity contribution in [2.45, 2.75) is 18.9 Å². The number of nitrogens with one attached hydrogen (secondary N) is 1. The van der Waals surface area contributed by atoms with Crippen LogP contribution in [0.1, 0.15) is 12.0 Å². The van der Waals surface area contributed by atoms with Gasteiger partial charge < -0.3 is 4.74 Å². The minimum Gasteiger partial charge on any atom is -0.489 e. The van der Waals surface area contributed by atoms with Crippen LogP contribution in [0.2, 0.25) is 0 Å². The van der Waals surface area contributed by atoms with Gasteiger partial charge in [0.1, 0.15) is 11.9 Å². The van der Waals surface area contributed by atoms with E-state index >= 15 is 0 Å². The molecule has 0 aromatic heterocycles. The number of hydrogen-bond donors (Lipinski definition) is 2. The zero-order valence-corrected chi connectivity index (χ0v) is 9.13. The lowest BCUT2D eigenvalue weighted by Gasteiger charge is -2.25. The number of para-hydroxylation sites is 1. The molecule has 0 fully saturated rings. The highest BCUT2D eigenvalue weighted by atomic mass is 32.2. The van der Waals surface area contributed by atoms with Crippen molar-refractivity contribution in [3.8, 4) is 5.75 Å². The molecule has 5 heteroatoms. The Morgan fingerprint density at radius 3 is 3.13 bits per heavy atom. The van der Waals surface area contributed by atoms with Gasteiger partial charge in [-0.1, -0.05) is 18.2 Å². The second-order valence-corrected chi connectivity index (χ2v) is 4.42. The molecule has 2 atom stereocenters. The van der Waals surface area contributed by atoms with Crippen LogP contribution in [0.5, 0.6) is 5.75 Å². The Labute approximate surface area is 91.5 Å².